The fourth-order valence-corrected chi connectivity index (χ4v) is 2.69. The molecule has 0 aliphatic rings. The number of hydrogen-bond acceptors (Lipinski definition) is 0. The second-order valence-corrected chi connectivity index (χ2v) is 6.26. The van der Waals surface area contributed by atoms with Gasteiger partial charge >= 0.3 is 0 Å². The van der Waals surface area contributed by atoms with Gasteiger partial charge in [0.2, 0.25) is 0 Å². The maximum atomic E-state index is 6.22. The maximum Gasteiger partial charge on any atom is 0.0607 e. The largest absolute Gasteiger partial charge is 0.0836 e. The van der Waals surface area contributed by atoms with E-state index in [-0.39, 0.29) is 0 Å². The van der Waals surface area contributed by atoms with Crippen molar-refractivity contribution in [1.29, 1.82) is 0 Å². The van der Waals surface area contributed by atoms with E-state index in [9.17, 15) is 0 Å². The quantitative estimate of drug-likeness (QED) is 0.566. The van der Waals surface area contributed by atoms with Crippen LogP contribution in [-0.4, -0.2) is 0 Å². The van der Waals surface area contributed by atoms with Crippen molar-refractivity contribution in [1.82, 2.24) is 0 Å². The summed E-state index contributed by atoms with van der Waals surface area (Å²) in [5.74, 6) is 0.652. The summed E-state index contributed by atoms with van der Waals surface area (Å²) in [7, 11) is 0. The Labute approximate surface area is 129 Å². The second-order valence-electron chi connectivity index (χ2n) is 5.04. The van der Waals surface area contributed by atoms with Gasteiger partial charge in [-0.15, -0.1) is 0 Å². The molecule has 0 N–H and O–H groups in total. The van der Waals surface area contributed by atoms with Crippen LogP contribution >= 0.6 is 34.8 Å². The molecule has 0 heterocycles. The molecule has 0 aliphatic carbocycles. The molecule has 0 aliphatic heterocycles. The first-order valence-corrected chi connectivity index (χ1v) is 7.34. The van der Waals surface area contributed by atoms with Crippen LogP contribution in [0.2, 0.25) is 15.1 Å². The lowest BCUT2D eigenvalue weighted by molar-refractivity contribution is 0.647. The minimum absolute atomic E-state index is 0.479. The van der Waals surface area contributed by atoms with E-state index in [2.05, 4.69) is 38.1 Å². The van der Waals surface area contributed by atoms with Crippen LogP contribution in [0.3, 0.4) is 0 Å². The zero-order valence-corrected chi connectivity index (χ0v) is 13.2. The molecular weight excluding hydrogens is 299 g/mol. The zero-order valence-electron chi connectivity index (χ0n) is 10.9. The molecule has 3 heteroatoms. The van der Waals surface area contributed by atoms with E-state index >= 15 is 0 Å². The molecule has 0 fully saturated rings. The first-order valence-electron chi connectivity index (χ1n) is 6.21. The van der Waals surface area contributed by atoms with Crippen molar-refractivity contribution >= 4 is 34.8 Å². The number of halogens is 3. The first kappa shape index (κ1) is 14.7. The Balaban J connectivity index is 2.34. The van der Waals surface area contributed by atoms with Crippen molar-refractivity contribution in [3.05, 3.63) is 57.0 Å². The summed E-state index contributed by atoms with van der Waals surface area (Å²) in [4.78, 5) is 0. The highest BCUT2D eigenvalue weighted by Crippen LogP contribution is 2.35. The predicted molar refractivity (Wildman–Crippen MR) is 85.5 cm³/mol. The Bertz CT molecular complexity index is 571. The summed E-state index contributed by atoms with van der Waals surface area (Å²) in [6.07, 6.45) is 1.08. The van der Waals surface area contributed by atoms with Crippen LogP contribution in [-0.2, 0) is 6.42 Å². The molecule has 2 aromatic rings. The van der Waals surface area contributed by atoms with Crippen molar-refractivity contribution in [2.45, 2.75) is 20.3 Å². The average Bonchev–Trinajstić information content (AvgIpc) is 2.34. The molecule has 0 atom stereocenters. The van der Waals surface area contributed by atoms with Crippen molar-refractivity contribution in [2.75, 3.05) is 0 Å². The van der Waals surface area contributed by atoms with Crippen molar-refractivity contribution in [2.24, 2.45) is 5.92 Å². The lowest BCUT2D eigenvalue weighted by Gasteiger charge is -2.09. The Morgan fingerprint density at radius 2 is 1.42 bits per heavy atom. The van der Waals surface area contributed by atoms with Gasteiger partial charge in [0.1, 0.15) is 0 Å². The highest BCUT2D eigenvalue weighted by atomic mass is 35.5. The van der Waals surface area contributed by atoms with Crippen LogP contribution < -0.4 is 0 Å². The minimum Gasteiger partial charge on any atom is -0.0836 e. The minimum atomic E-state index is 0.479. The summed E-state index contributed by atoms with van der Waals surface area (Å²) < 4.78 is 0. The molecule has 2 aromatic carbocycles. The Morgan fingerprint density at radius 3 is 2.00 bits per heavy atom. The van der Waals surface area contributed by atoms with Crippen LogP contribution in [0.5, 0.6) is 0 Å². The molecular formula is C16H15Cl3. The van der Waals surface area contributed by atoms with Crippen LogP contribution in [0.4, 0.5) is 0 Å². The topological polar surface area (TPSA) is 0 Å². The van der Waals surface area contributed by atoms with E-state index in [0.29, 0.717) is 21.0 Å². The van der Waals surface area contributed by atoms with Gasteiger partial charge in [0, 0.05) is 10.6 Å². The fourth-order valence-electron chi connectivity index (χ4n) is 2.04. The molecule has 0 unspecified atom stereocenters. The lowest BCUT2D eigenvalue weighted by Crippen LogP contribution is -1.93. The Morgan fingerprint density at radius 1 is 0.842 bits per heavy atom. The molecule has 0 nitrogen and oxygen atoms in total. The number of hydrogen-bond donors (Lipinski definition) is 0. The molecule has 0 saturated heterocycles. The van der Waals surface area contributed by atoms with E-state index in [0.717, 1.165) is 17.5 Å². The van der Waals surface area contributed by atoms with E-state index in [1.165, 1.54) is 5.56 Å². The summed E-state index contributed by atoms with van der Waals surface area (Å²) >= 11 is 18.2. The number of benzene rings is 2. The van der Waals surface area contributed by atoms with Gasteiger partial charge in [0.05, 0.1) is 10.0 Å². The van der Waals surface area contributed by atoms with E-state index in [1.807, 2.05) is 6.07 Å². The van der Waals surface area contributed by atoms with Crippen LogP contribution in [0.1, 0.15) is 19.4 Å². The monoisotopic (exact) mass is 312 g/mol. The average molecular weight is 314 g/mol. The van der Waals surface area contributed by atoms with Gasteiger partial charge in [-0.2, -0.15) is 0 Å². The van der Waals surface area contributed by atoms with Crippen LogP contribution in [0.15, 0.2) is 36.4 Å². The molecule has 0 amide bonds. The molecule has 0 spiro atoms. The van der Waals surface area contributed by atoms with E-state index in [4.69, 9.17) is 34.8 Å². The van der Waals surface area contributed by atoms with Crippen molar-refractivity contribution in [3.63, 3.8) is 0 Å². The van der Waals surface area contributed by atoms with Gasteiger partial charge in [-0.3, -0.25) is 0 Å². The molecule has 0 saturated carbocycles. The lowest BCUT2D eigenvalue weighted by atomic mass is 9.99. The molecule has 0 bridgehead atoms. The van der Waals surface area contributed by atoms with Gasteiger partial charge in [-0.1, -0.05) is 72.9 Å². The van der Waals surface area contributed by atoms with Gasteiger partial charge in [-0.25, -0.2) is 0 Å². The first-order chi connectivity index (χ1) is 8.97. The van der Waals surface area contributed by atoms with Crippen LogP contribution in [0.25, 0.3) is 11.1 Å². The fraction of sp³-hybridized carbons (Fsp3) is 0.250. The van der Waals surface area contributed by atoms with Gasteiger partial charge in [-0.05, 0) is 35.6 Å². The van der Waals surface area contributed by atoms with E-state index < -0.39 is 0 Å². The van der Waals surface area contributed by atoms with Gasteiger partial charge < -0.3 is 0 Å². The highest BCUT2D eigenvalue weighted by Gasteiger charge is 2.08. The summed E-state index contributed by atoms with van der Waals surface area (Å²) in [6, 6.07) is 11.9. The third kappa shape index (κ3) is 3.66. The Hall–Kier alpha value is -0.690. The highest BCUT2D eigenvalue weighted by molar-refractivity contribution is 6.44. The summed E-state index contributed by atoms with van der Waals surface area (Å²) in [5.41, 5.74) is 3.29. The van der Waals surface area contributed by atoms with Crippen LogP contribution in [0, 0.1) is 5.92 Å². The zero-order chi connectivity index (χ0) is 14.0. The summed E-state index contributed by atoms with van der Waals surface area (Å²) in [6.45, 7) is 4.42. The molecule has 100 valence electrons. The number of rotatable bonds is 3. The summed E-state index contributed by atoms with van der Waals surface area (Å²) in [5, 5.41) is 1.62. The van der Waals surface area contributed by atoms with Crippen molar-refractivity contribution in [3.8, 4) is 11.1 Å². The molecule has 19 heavy (non-hydrogen) atoms. The molecule has 2 rings (SSSR count). The van der Waals surface area contributed by atoms with Gasteiger partial charge in [0.15, 0.2) is 0 Å². The maximum absolute atomic E-state index is 6.22. The molecule has 0 radical (unpaired) electrons. The molecule has 0 aromatic heterocycles. The third-order valence-corrected chi connectivity index (χ3v) is 3.95. The Kier molecular flexibility index (Phi) is 4.78. The standard InChI is InChI=1S/C16H15Cl3/c1-10(2)7-11-3-5-12(6-4-11)13-8-15(18)16(19)9-14(13)17/h3-6,8-10H,7H2,1-2H3. The van der Waals surface area contributed by atoms with E-state index in [1.54, 1.807) is 6.07 Å². The predicted octanol–water partition coefficient (Wildman–Crippen LogP) is 6.51. The van der Waals surface area contributed by atoms with Crippen molar-refractivity contribution < 1.29 is 0 Å². The normalized spacial score (nSPS) is 11.1. The second kappa shape index (κ2) is 6.17. The van der Waals surface area contributed by atoms with Gasteiger partial charge in [0.25, 0.3) is 0 Å². The smallest absolute Gasteiger partial charge is 0.0607 e. The third-order valence-electron chi connectivity index (χ3n) is 2.92. The SMILES string of the molecule is CC(C)Cc1ccc(-c2cc(Cl)c(Cl)cc2Cl)cc1.